The molecule has 0 aromatic rings. The smallest absolute Gasteiger partial charge is 0.223 e. The van der Waals surface area contributed by atoms with Crippen molar-refractivity contribution in [3.63, 3.8) is 0 Å². The summed E-state index contributed by atoms with van der Waals surface area (Å²) in [7, 11) is 1.65. The molecule has 4 nitrogen and oxygen atoms in total. The van der Waals surface area contributed by atoms with Crippen molar-refractivity contribution in [3.05, 3.63) is 0 Å². The van der Waals surface area contributed by atoms with Crippen molar-refractivity contribution in [1.29, 1.82) is 0 Å². The van der Waals surface area contributed by atoms with Gasteiger partial charge in [0.2, 0.25) is 5.91 Å². The summed E-state index contributed by atoms with van der Waals surface area (Å²) in [4.78, 5) is 11.9. The van der Waals surface area contributed by atoms with Gasteiger partial charge in [0, 0.05) is 13.0 Å². The zero-order valence-corrected chi connectivity index (χ0v) is 9.93. The minimum absolute atomic E-state index is 0.165. The van der Waals surface area contributed by atoms with Gasteiger partial charge in [0.1, 0.15) is 0 Å². The van der Waals surface area contributed by atoms with Crippen LogP contribution in [0.2, 0.25) is 0 Å². The average Bonchev–Trinajstić information content (AvgIpc) is 2.18. The van der Waals surface area contributed by atoms with Gasteiger partial charge in [-0.05, 0) is 39.8 Å². The van der Waals surface area contributed by atoms with E-state index < -0.39 is 0 Å². The first-order valence-electron chi connectivity index (χ1n) is 5.57. The lowest BCUT2D eigenvalue weighted by atomic mass is 9.95. The fourth-order valence-corrected chi connectivity index (χ4v) is 1.92. The highest BCUT2D eigenvalue weighted by Crippen LogP contribution is 2.13. The number of hydrogen-bond acceptors (Lipinski definition) is 3. The van der Waals surface area contributed by atoms with Crippen LogP contribution in [0.4, 0.5) is 0 Å². The second kappa shape index (κ2) is 5.47. The van der Waals surface area contributed by atoms with Crippen LogP contribution in [0.3, 0.4) is 0 Å². The van der Waals surface area contributed by atoms with Gasteiger partial charge in [-0.1, -0.05) is 0 Å². The van der Waals surface area contributed by atoms with Gasteiger partial charge in [-0.25, -0.2) is 0 Å². The first kappa shape index (κ1) is 12.5. The standard InChI is InChI=1S/C11H22N2O2/c1-11(2,8-15-3)13-10(14)9-4-6-12-7-5-9/h9,12H,4-8H2,1-3H3,(H,13,14). The Morgan fingerprint density at radius 3 is 2.60 bits per heavy atom. The molecule has 0 saturated carbocycles. The maximum atomic E-state index is 11.9. The molecule has 1 aliphatic rings. The van der Waals surface area contributed by atoms with E-state index in [9.17, 15) is 4.79 Å². The molecule has 1 saturated heterocycles. The highest BCUT2D eigenvalue weighted by molar-refractivity contribution is 5.79. The summed E-state index contributed by atoms with van der Waals surface area (Å²) in [6.45, 7) is 6.40. The molecular formula is C11H22N2O2. The molecule has 0 aromatic heterocycles. The van der Waals surface area contributed by atoms with E-state index in [1.165, 1.54) is 0 Å². The highest BCUT2D eigenvalue weighted by atomic mass is 16.5. The maximum Gasteiger partial charge on any atom is 0.223 e. The van der Waals surface area contributed by atoms with Gasteiger partial charge < -0.3 is 15.4 Å². The largest absolute Gasteiger partial charge is 0.382 e. The molecule has 1 rings (SSSR count). The van der Waals surface area contributed by atoms with Gasteiger partial charge in [-0.15, -0.1) is 0 Å². The molecule has 0 spiro atoms. The minimum Gasteiger partial charge on any atom is -0.382 e. The van der Waals surface area contributed by atoms with Crippen molar-refractivity contribution < 1.29 is 9.53 Å². The Morgan fingerprint density at radius 2 is 2.07 bits per heavy atom. The van der Waals surface area contributed by atoms with E-state index >= 15 is 0 Å². The zero-order valence-electron chi connectivity index (χ0n) is 9.93. The fourth-order valence-electron chi connectivity index (χ4n) is 1.92. The Labute approximate surface area is 91.8 Å². The molecule has 0 unspecified atom stereocenters. The number of carbonyl (C=O) groups is 1. The normalized spacial score (nSPS) is 18.9. The summed E-state index contributed by atoms with van der Waals surface area (Å²) in [5, 5.41) is 6.29. The summed E-state index contributed by atoms with van der Waals surface area (Å²) >= 11 is 0. The molecular weight excluding hydrogens is 192 g/mol. The third kappa shape index (κ3) is 4.18. The lowest BCUT2D eigenvalue weighted by Gasteiger charge is -2.29. The summed E-state index contributed by atoms with van der Waals surface area (Å²) < 4.78 is 5.07. The van der Waals surface area contributed by atoms with Crippen LogP contribution >= 0.6 is 0 Å². The Morgan fingerprint density at radius 1 is 1.47 bits per heavy atom. The monoisotopic (exact) mass is 214 g/mol. The van der Waals surface area contributed by atoms with E-state index in [0.29, 0.717) is 6.61 Å². The number of carbonyl (C=O) groups excluding carboxylic acids is 1. The maximum absolute atomic E-state index is 11.9. The Hall–Kier alpha value is -0.610. The molecule has 1 fully saturated rings. The average molecular weight is 214 g/mol. The molecule has 1 heterocycles. The Bertz CT molecular complexity index is 211. The van der Waals surface area contributed by atoms with E-state index in [1.54, 1.807) is 7.11 Å². The third-order valence-corrected chi connectivity index (χ3v) is 2.68. The highest BCUT2D eigenvalue weighted by Gasteiger charge is 2.26. The van der Waals surface area contributed by atoms with Crippen LogP contribution in [-0.2, 0) is 9.53 Å². The lowest BCUT2D eigenvalue weighted by molar-refractivity contribution is -0.128. The van der Waals surface area contributed by atoms with Crippen LogP contribution in [0.15, 0.2) is 0 Å². The predicted octanol–water partition coefficient (Wildman–Crippen LogP) is 0.527. The number of methoxy groups -OCH3 is 1. The number of rotatable bonds is 4. The number of hydrogen-bond donors (Lipinski definition) is 2. The van der Waals surface area contributed by atoms with Gasteiger partial charge in [0.15, 0.2) is 0 Å². The van der Waals surface area contributed by atoms with Gasteiger partial charge in [-0.3, -0.25) is 4.79 Å². The predicted molar refractivity (Wildman–Crippen MR) is 59.7 cm³/mol. The van der Waals surface area contributed by atoms with Crippen molar-refractivity contribution >= 4 is 5.91 Å². The number of amides is 1. The SMILES string of the molecule is COCC(C)(C)NC(=O)C1CCNCC1. The molecule has 2 N–H and O–H groups in total. The van der Waals surface area contributed by atoms with Gasteiger partial charge in [-0.2, -0.15) is 0 Å². The molecule has 0 radical (unpaired) electrons. The minimum atomic E-state index is -0.267. The van der Waals surface area contributed by atoms with Crippen molar-refractivity contribution in [2.45, 2.75) is 32.2 Å². The van der Waals surface area contributed by atoms with E-state index in [0.717, 1.165) is 25.9 Å². The Kier molecular flexibility index (Phi) is 4.54. The quantitative estimate of drug-likeness (QED) is 0.717. The van der Waals surface area contributed by atoms with Crippen molar-refractivity contribution in [2.24, 2.45) is 5.92 Å². The van der Waals surface area contributed by atoms with Crippen molar-refractivity contribution in [3.8, 4) is 0 Å². The zero-order chi connectivity index (χ0) is 11.3. The van der Waals surface area contributed by atoms with Crippen LogP contribution < -0.4 is 10.6 Å². The molecule has 0 aromatic carbocycles. The van der Waals surface area contributed by atoms with Crippen molar-refractivity contribution in [1.82, 2.24) is 10.6 Å². The topological polar surface area (TPSA) is 50.4 Å². The number of ether oxygens (including phenoxy) is 1. The molecule has 4 heteroatoms. The van der Waals surface area contributed by atoms with Crippen molar-refractivity contribution in [2.75, 3.05) is 26.8 Å². The van der Waals surface area contributed by atoms with Crippen LogP contribution in [0.1, 0.15) is 26.7 Å². The van der Waals surface area contributed by atoms with Gasteiger partial charge in [0.05, 0.1) is 12.1 Å². The summed E-state index contributed by atoms with van der Waals surface area (Å²) in [6.07, 6.45) is 1.88. The van der Waals surface area contributed by atoms with E-state index in [-0.39, 0.29) is 17.4 Å². The molecule has 1 amide bonds. The molecule has 0 atom stereocenters. The molecule has 0 aliphatic carbocycles. The first-order valence-corrected chi connectivity index (χ1v) is 5.57. The summed E-state index contributed by atoms with van der Waals surface area (Å²) in [6, 6.07) is 0. The second-order valence-electron chi connectivity index (χ2n) is 4.83. The Balaban J connectivity index is 2.39. The fraction of sp³-hybridized carbons (Fsp3) is 0.909. The number of piperidine rings is 1. The lowest BCUT2D eigenvalue weighted by Crippen LogP contribution is -2.50. The van der Waals surface area contributed by atoms with E-state index in [4.69, 9.17) is 4.74 Å². The van der Waals surface area contributed by atoms with E-state index in [2.05, 4.69) is 10.6 Å². The molecule has 1 aliphatic heterocycles. The molecule has 0 bridgehead atoms. The molecule has 88 valence electrons. The second-order valence-corrected chi connectivity index (χ2v) is 4.83. The van der Waals surface area contributed by atoms with Crippen LogP contribution in [0.5, 0.6) is 0 Å². The van der Waals surface area contributed by atoms with Gasteiger partial charge >= 0.3 is 0 Å². The molecule has 15 heavy (non-hydrogen) atoms. The van der Waals surface area contributed by atoms with Crippen LogP contribution in [0.25, 0.3) is 0 Å². The van der Waals surface area contributed by atoms with Gasteiger partial charge in [0.25, 0.3) is 0 Å². The summed E-state index contributed by atoms with van der Waals surface area (Å²) in [5.74, 6) is 0.334. The van der Waals surface area contributed by atoms with E-state index in [1.807, 2.05) is 13.8 Å². The van der Waals surface area contributed by atoms with Crippen LogP contribution in [-0.4, -0.2) is 38.3 Å². The van der Waals surface area contributed by atoms with Crippen LogP contribution in [0, 0.1) is 5.92 Å². The third-order valence-electron chi connectivity index (χ3n) is 2.68. The number of nitrogens with one attached hydrogen (secondary N) is 2. The first-order chi connectivity index (χ1) is 7.05. The summed E-state index contributed by atoms with van der Waals surface area (Å²) in [5.41, 5.74) is -0.267.